The lowest BCUT2D eigenvalue weighted by atomic mass is 10.2. The number of nitrogens with two attached hydrogens (primary N) is 1. The largest absolute Gasteiger partial charge is 0.365 e. The van der Waals surface area contributed by atoms with Gasteiger partial charge in [-0.05, 0) is 6.92 Å². The van der Waals surface area contributed by atoms with Crippen LogP contribution in [-0.2, 0) is 0 Å². The molecule has 0 aliphatic rings. The summed E-state index contributed by atoms with van der Waals surface area (Å²) in [6, 6.07) is 0.872. The molecule has 7 heteroatoms. The van der Waals surface area contributed by atoms with Crippen molar-refractivity contribution in [2.45, 2.75) is 6.92 Å². The van der Waals surface area contributed by atoms with E-state index in [1.807, 2.05) is 0 Å². The molecule has 1 aromatic rings. The number of hydrogen-bond donors (Lipinski definition) is 2. The summed E-state index contributed by atoms with van der Waals surface area (Å²) in [5.41, 5.74) is 3.47. The molecule has 0 fully saturated rings. The van der Waals surface area contributed by atoms with Crippen molar-refractivity contribution in [2.24, 2.45) is 5.73 Å². The van der Waals surface area contributed by atoms with Gasteiger partial charge in [-0.3, -0.25) is 19.7 Å². The molecule has 0 radical (unpaired) electrons. The van der Waals surface area contributed by atoms with Gasteiger partial charge in [0, 0.05) is 6.07 Å². The van der Waals surface area contributed by atoms with Crippen molar-refractivity contribution in [1.29, 1.82) is 0 Å². The van der Waals surface area contributed by atoms with Gasteiger partial charge in [0.1, 0.15) is 5.56 Å². The fraction of sp³-hybridized carbons (Fsp3) is 0.143. The summed E-state index contributed by atoms with van der Waals surface area (Å²) in [7, 11) is 0. The van der Waals surface area contributed by atoms with Crippen molar-refractivity contribution in [3.63, 3.8) is 0 Å². The standard InChI is InChI=1S/C7H7N3O4/c1-3-5(10(13)14)2-4(6(8)11)7(12)9-3/h2H,1H3,(H2,8,11)(H,9,12). The van der Waals surface area contributed by atoms with Crippen LogP contribution in [0.4, 0.5) is 5.69 Å². The third kappa shape index (κ3) is 1.60. The van der Waals surface area contributed by atoms with Gasteiger partial charge in [0.25, 0.3) is 17.2 Å². The van der Waals surface area contributed by atoms with E-state index in [0.717, 1.165) is 6.07 Å². The highest BCUT2D eigenvalue weighted by atomic mass is 16.6. The zero-order valence-electron chi connectivity index (χ0n) is 7.23. The van der Waals surface area contributed by atoms with Crippen LogP contribution in [0, 0.1) is 17.0 Å². The van der Waals surface area contributed by atoms with E-state index >= 15 is 0 Å². The minimum atomic E-state index is -0.991. The Hall–Kier alpha value is -2.18. The van der Waals surface area contributed by atoms with Crippen LogP contribution in [0.3, 0.4) is 0 Å². The number of amides is 1. The van der Waals surface area contributed by atoms with Crippen molar-refractivity contribution in [2.75, 3.05) is 0 Å². The average molecular weight is 197 g/mol. The van der Waals surface area contributed by atoms with E-state index in [2.05, 4.69) is 4.98 Å². The molecule has 1 rings (SSSR count). The zero-order chi connectivity index (χ0) is 10.9. The molecule has 0 atom stereocenters. The number of carbonyl (C=O) groups is 1. The number of aromatic nitrogens is 1. The van der Waals surface area contributed by atoms with Crippen LogP contribution in [0.25, 0.3) is 0 Å². The number of nitrogens with zero attached hydrogens (tertiary/aromatic N) is 1. The Morgan fingerprint density at radius 1 is 1.64 bits per heavy atom. The molecule has 0 bridgehead atoms. The number of nitro groups is 1. The summed E-state index contributed by atoms with van der Waals surface area (Å²) in [5, 5.41) is 10.4. The predicted molar refractivity (Wildman–Crippen MR) is 47.0 cm³/mol. The molecular formula is C7H7N3O4. The van der Waals surface area contributed by atoms with Gasteiger partial charge in [0.05, 0.1) is 10.6 Å². The number of H-pyrrole nitrogens is 1. The number of rotatable bonds is 2. The molecule has 0 aliphatic heterocycles. The first-order chi connectivity index (χ1) is 6.43. The lowest BCUT2D eigenvalue weighted by Crippen LogP contribution is -2.24. The van der Waals surface area contributed by atoms with Gasteiger partial charge in [0.15, 0.2) is 0 Å². The van der Waals surface area contributed by atoms with Crippen molar-refractivity contribution in [1.82, 2.24) is 4.98 Å². The minimum absolute atomic E-state index is 0.0880. The molecule has 14 heavy (non-hydrogen) atoms. The molecular weight excluding hydrogens is 190 g/mol. The monoisotopic (exact) mass is 197 g/mol. The number of carbonyl (C=O) groups excluding carboxylic acids is 1. The highest BCUT2D eigenvalue weighted by molar-refractivity contribution is 5.93. The van der Waals surface area contributed by atoms with Crippen LogP contribution in [0.15, 0.2) is 10.9 Å². The first-order valence-electron chi connectivity index (χ1n) is 3.61. The molecule has 0 aromatic carbocycles. The molecule has 0 spiro atoms. The van der Waals surface area contributed by atoms with Crippen LogP contribution < -0.4 is 11.3 Å². The van der Waals surface area contributed by atoms with Gasteiger partial charge in [-0.2, -0.15) is 0 Å². The Morgan fingerprint density at radius 2 is 2.21 bits per heavy atom. The second-order valence-corrected chi connectivity index (χ2v) is 2.64. The number of aromatic amines is 1. The first-order valence-corrected chi connectivity index (χ1v) is 3.61. The van der Waals surface area contributed by atoms with E-state index in [9.17, 15) is 19.7 Å². The van der Waals surface area contributed by atoms with Crippen molar-refractivity contribution in [3.05, 3.63) is 37.8 Å². The number of nitrogens with one attached hydrogen (secondary N) is 1. The summed E-state index contributed by atoms with van der Waals surface area (Å²) in [6.07, 6.45) is 0. The maximum atomic E-state index is 11.1. The number of primary amides is 1. The van der Waals surface area contributed by atoms with Gasteiger partial charge in [-0.1, -0.05) is 0 Å². The molecule has 1 aromatic heterocycles. The van der Waals surface area contributed by atoms with Crippen LogP contribution in [-0.4, -0.2) is 15.8 Å². The average Bonchev–Trinajstić information content (AvgIpc) is 2.02. The predicted octanol–water partition coefficient (Wildman–Crippen LogP) is -0.310. The SMILES string of the molecule is Cc1[nH]c(=O)c(C(N)=O)cc1[N+](=O)[O-]. The Morgan fingerprint density at radius 3 is 2.64 bits per heavy atom. The van der Waals surface area contributed by atoms with Gasteiger partial charge in [-0.15, -0.1) is 0 Å². The van der Waals surface area contributed by atoms with Gasteiger partial charge in [0.2, 0.25) is 0 Å². The summed E-state index contributed by atoms with van der Waals surface area (Å²) in [5.74, 6) is -0.991. The molecule has 3 N–H and O–H groups in total. The highest BCUT2D eigenvalue weighted by Crippen LogP contribution is 2.13. The van der Waals surface area contributed by atoms with Gasteiger partial charge >= 0.3 is 0 Å². The summed E-state index contributed by atoms with van der Waals surface area (Å²) in [4.78, 5) is 33.7. The smallest absolute Gasteiger partial charge is 0.289 e. The number of hydrogen-bond acceptors (Lipinski definition) is 4. The first kappa shape index (κ1) is 9.90. The third-order valence-corrected chi connectivity index (χ3v) is 1.67. The third-order valence-electron chi connectivity index (χ3n) is 1.67. The fourth-order valence-corrected chi connectivity index (χ4v) is 0.985. The summed E-state index contributed by atoms with van der Waals surface area (Å²) < 4.78 is 0. The molecule has 0 saturated heterocycles. The molecule has 74 valence electrons. The molecule has 0 aliphatic carbocycles. The lowest BCUT2D eigenvalue weighted by Gasteiger charge is -1.98. The van der Waals surface area contributed by atoms with Crippen molar-refractivity contribution in [3.8, 4) is 0 Å². The van der Waals surface area contributed by atoms with Crippen LogP contribution in [0.1, 0.15) is 16.1 Å². The maximum absolute atomic E-state index is 11.1. The van der Waals surface area contributed by atoms with Crippen LogP contribution in [0.5, 0.6) is 0 Å². The van der Waals surface area contributed by atoms with E-state index in [1.54, 1.807) is 0 Å². The lowest BCUT2D eigenvalue weighted by molar-refractivity contribution is -0.385. The summed E-state index contributed by atoms with van der Waals surface area (Å²) in [6.45, 7) is 1.37. The maximum Gasteiger partial charge on any atom is 0.289 e. The minimum Gasteiger partial charge on any atom is -0.365 e. The Labute approximate surface area is 77.7 Å². The molecule has 1 amide bonds. The second-order valence-electron chi connectivity index (χ2n) is 2.64. The quantitative estimate of drug-likeness (QED) is 0.499. The zero-order valence-corrected chi connectivity index (χ0v) is 7.23. The van der Waals surface area contributed by atoms with E-state index in [-0.39, 0.29) is 11.4 Å². The molecule has 7 nitrogen and oxygen atoms in total. The van der Waals surface area contributed by atoms with E-state index in [4.69, 9.17) is 5.73 Å². The van der Waals surface area contributed by atoms with E-state index < -0.39 is 22.0 Å². The van der Waals surface area contributed by atoms with Crippen LogP contribution >= 0.6 is 0 Å². The Bertz CT molecular complexity index is 462. The van der Waals surface area contributed by atoms with E-state index in [1.165, 1.54) is 6.92 Å². The normalized spacial score (nSPS) is 9.79. The number of aryl methyl sites for hydroxylation is 1. The van der Waals surface area contributed by atoms with Crippen LogP contribution in [0.2, 0.25) is 0 Å². The topological polar surface area (TPSA) is 119 Å². The second kappa shape index (κ2) is 3.29. The highest BCUT2D eigenvalue weighted by Gasteiger charge is 2.17. The summed E-state index contributed by atoms with van der Waals surface area (Å²) >= 11 is 0. The molecule has 0 saturated carbocycles. The van der Waals surface area contributed by atoms with E-state index in [0.29, 0.717) is 0 Å². The van der Waals surface area contributed by atoms with Crippen molar-refractivity contribution < 1.29 is 9.72 Å². The molecule has 1 heterocycles. The Kier molecular flexibility index (Phi) is 2.32. The molecule has 0 unspecified atom stereocenters. The van der Waals surface area contributed by atoms with Gasteiger partial charge < -0.3 is 10.7 Å². The van der Waals surface area contributed by atoms with Crippen molar-refractivity contribution >= 4 is 11.6 Å². The van der Waals surface area contributed by atoms with Gasteiger partial charge in [-0.25, -0.2) is 0 Å². The Balaban J connectivity index is 3.50. The number of pyridine rings is 1. The fourth-order valence-electron chi connectivity index (χ4n) is 0.985.